The lowest BCUT2D eigenvalue weighted by atomic mass is 10.1. The van der Waals surface area contributed by atoms with Crippen LogP contribution in [0.4, 0.5) is 0 Å². The molecule has 1 aromatic carbocycles. The predicted octanol–water partition coefficient (Wildman–Crippen LogP) is -1.43. The molecule has 8 N–H and O–H groups in total. The number of thioether (sulfide) groups is 1. The Morgan fingerprint density at radius 1 is 1.09 bits per heavy atom. The van der Waals surface area contributed by atoms with Crippen molar-refractivity contribution < 1.29 is 34.5 Å². The second-order valence-corrected chi connectivity index (χ2v) is 8.15. The van der Waals surface area contributed by atoms with Crippen LogP contribution in [-0.4, -0.2) is 81.8 Å². The summed E-state index contributed by atoms with van der Waals surface area (Å²) >= 11 is 1.43. The summed E-state index contributed by atoms with van der Waals surface area (Å²) in [5, 5.41) is 35.0. The molecule has 0 fully saturated rings. The number of carboxylic acids is 1. The summed E-state index contributed by atoms with van der Waals surface area (Å²) < 4.78 is 0. The van der Waals surface area contributed by atoms with E-state index in [1.807, 2.05) is 6.26 Å². The Labute approximate surface area is 190 Å². The molecule has 1 aromatic rings. The zero-order valence-electron chi connectivity index (χ0n) is 17.9. The molecular weight excluding hydrogens is 440 g/mol. The predicted molar refractivity (Wildman–Crippen MR) is 119 cm³/mol. The summed E-state index contributed by atoms with van der Waals surface area (Å²) in [7, 11) is 0. The number of nitrogens with two attached hydrogens (primary N) is 1. The lowest BCUT2D eigenvalue weighted by Gasteiger charge is -2.22. The highest BCUT2D eigenvalue weighted by Crippen LogP contribution is 2.11. The molecule has 0 saturated carbocycles. The molecular formula is C20H30N4O7S. The maximum absolute atomic E-state index is 12.4. The van der Waals surface area contributed by atoms with E-state index in [0.29, 0.717) is 5.75 Å². The second-order valence-electron chi connectivity index (χ2n) is 7.16. The van der Waals surface area contributed by atoms with Gasteiger partial charge in [0.2, 0.25) is 17.7 Å². The van der Waals surface area contributed by atoms with Crippen LogP contribution in [0.15, 0.2) is 24.3 Å². The van der Waals surface area contributed by atoms with Gasteiger partial charge < -0.3 is 37.0 Å². The summed E-state index contributed by atoms with van der Waals surface area (Å²) in [5.74, 6) is -2.78. The first-order valence-corrected chi connectivity index (χ1v) is 11.2. The number of benzene rings is 1. The van der Waals surface area contributed by atoms with Crippen molar-refractivity contribution in [1.29, 1.82) is 0 Å². The molecule has 4 unspecified atom stereocenters. The smallest absolute Gasteiger partial charge is 0.328 e. The molecule has 11 nitrogen and oxygen atoms in total. The van der Waals surface area contributed by atoms with Gasteiger partial charge in [0.05, 0.1) is 18.7 Å². The molecule has 0 spiro atoms. The highest BCUT2D eigenvalue weighted by atomic mass is 32.2. The van der Waals surface area contributed by atoms with E-state index in [0.717, 1.165) is 5.56 Å². The number of carbonyl (C=O) groups is 4. The van der Waals surface area contributed by atoms with Crippen molar-refractivity contribution in [3.05, 3.63) is 29.8 Å². The van der Waals surface area contributed by atoms with Gasteiger partial charge in [-0.25, -0.2) is 4.79 Å². The summed E-state index contributed by atoms with van der Waals surface area (Å²) in [4.78, 5) is 48.0. The number of aromatic hydroxyl groups is 1. The first kappa shape index (κ1) is 27.2. The third-order valence-corrected chi connectivity index (χ3v) is 5.10. The normalized spacial score (nSPS) is 14.5. The van der Waals surface area contributed by atoms with Crippen LogP contribution in [0.1, 0.15) is 18.9 Å². The van der Waals surface area contributed by atoms with Crippen LogP contribution >= 0.6 is 11.8 Å². The van der Waals surface area contributed by atoms with Crippen molar-refractivity contribution in [1.82, 2.24) is 16.0 Å². The summed E-state index contributed by atoms with van der Waals surface area (Å²) in [5.41, 5.74) is 6.58. The molecule has 0 aliphatic carbocycles. The van der Waals surface area contributed by atoms with E-state index in [-0.39, 0.29) is 18.6 Å². The number of aliphatic carboxylic acids is 1. The van der Waals surface area contributed by atoms with Gasteiger partial charge in [-0.15, -0.1) is 0 Å². The maximum atomic E-state index is 12.4. The zero-order valence-corrected chi connectivity index (χ0v) is 18.7. The van der Waals surface area contributed by atoms with Crippen molar-refractivity contribution in [3.63, 3.8) is 0 Å². The third-order valence-electron chi connectivity index (χ3n) is 4.46. The molecule has 0 aliphatic heterocycles. The Kier molecular flexibility index (Phi) is 11.5. The minimum atomic E-state index is -1.52. The van der Waals surface area contributed by atoms with Gasteiger partial charge in [0.15, 0.2) is 6.04 Å². The topological polar surface area (TPSA) is 191 Å². The van der Waals surface area contributed by atoms with Crippen LogP contribution in [0, 0.1) is 0 Å². The number of hydrogen-bond donors (Lipinski definition) is 7. The Morgan fingerprint density at radius 3 is 2.25 bits per heavy atom. The van der Waals surface area contributed by atoms with Gasteiger partial charge in [0.1, 0.15) is 11.8 Å². The van der Waals surface area contributed by atoms with E-state index in [9.17, 15) is 29.4 Å². The molecule has 178 valence electrons. The van der Waals surface area contributed by atoms with E-state index in [1.165, 1.54) is 30.8 Å². The summed E-state index contributed by atoms with van der Waals surface area (Å²) in [6.45, 7) is 0.801. The number of aliphatic hydroxyl groups excluding tert-OH is 1. The highest BCUT2D eigenvalue weighted by molar-refractivity contribution is 7.98. The molecule has 0 saturated heterocycles. The largest absolute Gasteiger partial charge is 0.508 e. The van der Waals surface area contributed by atoms with E-state index in [4.69, 9.17) is 10.8 Å². The van der Waals surface area contributed by atoms with Crippen LogP contribution in [0.3, 0.4) is 0 Å². The van der Waals surface area contributed by atoms with Crippen molar-refractivity contribution in [2.24, 2.45) is 5.73 Å². The fraction of sp³-hybridized carbons (Fsp3) is 0.500. The average Bonchev–Trinajstić information content (AvgIpc) is 2.73. The van der Waals surface area contributed by atoms with Crippen molar-refractivity contribution in [2.75, 3.05) is 18.6 Å². The number of hydrogen-bond acceptors (Lipinski definition) is 8. The number of carboxylic acid groups (broad SMARTS) is 1. The summed E-state index contributed by atoms with van der Waals surface area (Å²) in [6, 6.07) is 2.71. The quantitative estimate of drug-likeness (QED) is 0.181. The molecule has 4 atom stereocenters. The molecule has 32 heavy (non-hydrogen) atoms. The van der Waals surface area contributed by atoms with Crippen LogP contribution in [0.2, 0.25) is 0 Å². The zero-order chi connectivity index (χ0) is 24.3. The standard InChI is InChI=1S/C20H30N4O7S/c1-11(25)17(20(30)31)24-19(29)15(7-8-32-2)23-16(27)10-22-18(28)14(21)9-12-3-5-13(26)6-4-12/h3-6,11,14-15,17,25-26H,7-10,21H2,1-2H3,(H,22,28)(H,23,27)(H,24,29)(H,30,31). The Balaban J connectivity index is 2.61. The number of rotatable bonds is 13. The average molecular weight is 471 g/mol. The molecule has 0 aliphatic rings. The van der Waals surface area contributed by atoms with Gasteiger partial charge in [-0.05, 0) is 49.5 Å². The van der Waals surface area contributed by atoms with Gasteiger partial charge in [0, 0.05) is 0 Å². The Morgan fingerprint density at radius 2 is 1.72 bits per heavy atom. The third kappa shape index (κ3) is 9.54. The molecule has 0 bridgehead atoms. The Bertz CT molecular complexity index is 789. The van der Waals surface area contributed by atoms with E-state index in [2.05, 4.69) is 16.0 Å². The van der Waals surface area contributed by atoms with Crippen LogP contribution < -0.4 is 21.7 Å². The van der Waals surface area contributed by atoms with E-state index >= 15 is 0 Å². The molecule has 1 rings (SSSR count). The van der Waals surface area contributed by atoms with Crippen molar-refractivity contribution in [3.8, 4) is 5.75 Å². The van der Waals surface area contributed by atoms with Gasteiger partial charge >= 0.3 is 5.97 Å². The number of aliphatic hydroxyl groups is 1. The first-order chi connectivity index (χ1) is 15.0. The van der Waals surface area contributed by atoms with Crippen molar-refractivity contribution in [2.45, 2.75) is 44.0 Å². The maximum Gasteiger partial charge on any atom is 0.328 e. The summed E-state index contributed by atoms with van der Waals surface area (Å²) in [6.07, 6.45) is 0.895. The van der Waals surface area contributed by atoms with E-state index < -0.39 is 54.5 Å². The number of amides is 3. The lowest BCUT2D eigenvalue weighted by molar-refractivity contribution is -0.145. The van der Waals surface area contributed by atoms with Crippen molar-refractivity contribution >= 4 is 35.5 Å². The van der Waals surface area contributed by atoms with Gasteiger partial charge in [-0.2, -0.15) is 11.8 Å². The van der Waals surface area contributed by atoms with Gasteiger partial charge in [-0.1, -0.05) is 12.1 Å². The van der Waals surface area contributed by atoms with Crippen LogP contribution in [-0.2, 0) is 25.6 Å². The minimum Gasteiger partial charge on any atom is -0.508 e. The van der Waals surface area contributed by atoms with Gasteiger partial charge in [0.25, 0.3) is 0 Å². The minimum absolute atomic E-state index is 0.0895. The first-order valence-electron chi connectivity index (χ1n) is 9.85. The number of carbonyl (C=O) groups excluding carboxylic acids is 3. The fourth-order valence-electron chi connectivity index (χ4n) is 2.67. The molecule has 3 amide bonds. The van der Waals surface area contributed by atoms with Crippen LogP contribution in [0.25, 0.3) is 0 Å². The molecule has 12 heteroatoms. The number of phenols is 1. The monoisotopic (exact) mass is 470 g/mol. The molecule has 0 radical (unpaired) electrons. The number of nitrogens with one attached hydrogen (secondary N) is 3. The second kappa shape index (κ2) is 13.6. The Hall–Kier alpha value is -2.83. The molecule has 0 aromatic heterocycles. The fourth-order valence-corrected chi connectivity index (χ4v) is 3.14. The SMILES string of the molecule is CSCCC(NC(=O)CNC(=O)C(N)Cc1ccc(O)cc1)C(=O)NC(C(=O)O)C(C)O. The lowest BCUT2D eigenvalue weighted by Crippen LogP contribution is -2.56. The van der Waals surface area contributed by atoms with Gasteiger partial charge in [-0.3, -0.25) is 14.4 Å². The number of phenolic OH excluding ortho intramolecular Hbond substituents is 1. The highest BCUT2D eigenvalue weighted by Gasteiger charge is 2.29. The molecule has 0 heterocycles. The van der Waals surface area contributed by atoms with E-state index in [1.54, 1.807) is 12.1 Å². The van der Waals surface area contributed by atoms with Crippen LogP contribution in [0.5, 0.6) is 5.75 Å².